The monoisotopic (exact) mass is 328 g/mol. The zero-order valence-corrected chi connectivity index (χ0v) is 14.1. The van der Waals surface area contributed by atoms with Crippen molar-refractivity contribution in [2.75, 3.05) is 33.2 Å². The van der Waals surface area contributed by atoms with Gasteiger partial charge in [-0.1, -0.05) is 29.3 Å². The maximum Gasteiger partial charge on any atom is 0.165 e. The highest BCUT2D eigenvalue weighted by Crippen LogP contribution is 2.26. The lowest BCUT2D eigenvalue weighted by Crippen LogP contribution is -2.39. The molecule has 1 aliphatic heterocycles. The van der Waals surface area contributed by atoms with Gasteiger partial charge in [-0.15, -0.1) is 0 Å². The molecule has 1 fully saturated rings. The van der Waals surface area contributed by atoms with Gasteiger partial charge in [-0.3, -0.25) is 9.69 Å². The van der Waals surface area contributed by atoms with Crippen molar-refractivity contribution >= 4 is 29.0 Å². The molecule has 0 radical (unpaired) electrons. The molecule has 3 nitrogen and oxygen atoms in total. The van der Waals surface area contributed by atoms with Gasteiger partial charge in [0.05, 0.1) is 10.0 Å². The maximum atomic E-state index is 12.3. The third kappa shape index (κ3) is 4.43. The Morgan fingerprint density at radius 1 is 1.33 bits per heavy atom. The number of carbonyl (C=O) groups excluding carboxylic acids is 1. The van der Waals surface area contributed by atoms with Crippen LogP contribution in [0.5, 0.6) is 0 Å². The van der Waals surface area contributed by atoms with Crippen molar-refractivity contribution in [3.05, 3.63) is 33.8 Å². The van der Waals surface area contributed by atoms with Crippen molar-refractivity contribution < 1.29 is 4.79 Å². The minimum Gasteiger partial charge on any atom is -0.305 e. The lowest BCUT2D eigenvalue weighted by molar-refractivity contribution is 0.0953. The van der Waals surface area contributed by atoms with Crippen molar-refractivity contribution in [2.45, 2.75) is 25.8 Å². The Morgan fingerprint density at radius 3 is 2.86 bits per heavy atom. The molecular weight excluding hydrogens is 307 g/mol. The summed E-state index contributed by atoms with van der Waals surface area (Å²) in [5.74, 6) is 0.0623. The fourth-order valence-electron chi connectivity index (χ4n) is 2.85. The van der Waals surface area contributed by atoms with E-state index in [0.717, 1.165) is 32.6 Å². The fourth-order valence-corrected chi connectivity index (χ4v) is 3.26. The molecule has 0 saturated carbocycles. The van der Waals surface area contributed by atoms with E-state index in [1.165, 1.54) is 0 Å². The topological polar surface area (TPSA) is 23.6 Å². The Kier molecular flexibility index (Phi) is 6.06. The second kappa shape index (κ2) is 7.59. The summed E-state index contributed by atoms with van der Waals surface area (Å²) in [5.41, 5.74) is 0.531. The number of benzene rings is 1. The molecule has 2 rings (SSSR count). The van der Waals surface area contributed by atoms with E-state index in [1.807, 2.05) is 0 Å². The number of rotatable bonds is 4. The lowest BCUT2D eigenvalue weighted by Gasteiger charge is -2.27. The molecule has 0 amide bonds. The molecule has 1 saturated heterocycles. The summed E-state index contributed by atoms with van der Waals surface area (Å²) >= 11 is 12.1. The third-order valence-corrected chi connectivity index (χ3v) is 4.88. The van der Waals surface area contributed by atoms with Crippen LogP contribution < -0.4 is 0 Å². The number of ketones is 1. The molecule has 0 aromatic heterocycles. The van der Waals surface area contributed by atoms with Crippen LogP contribution in [0.1, 0.15) is 30.1 Å². The maximum absolute atomic E-state index is 12.3. The van der Waals surface area contributed by atoms with Crippen LogP contribution in [0.15, 0.2) is 18.2 Å². The number of carbonyl (C=O) groups is 1. The first-order valence-corrected chi connectivity index (χ1v) is 8.14. The third-order valence-electron chi connectivity index (χ3n) is 4.06. The Bertz CT molecular complexity index is 507. The molecule has 1 aliphatic rings. The first-order chi connectivity index (χ1) is 9.99. The summed E-state index contributed by atoms with van der Waals surface area (Å²) in [4.78, 5) is 17.1. The summed E-state index contributed by atoms with van der Waals surface area (Å²) in [7, 11) is 2.15. The van der Waals surface area contributed by atoms with Crippen LogP contribution >= 0.6 is 23.2 Å². The average molecular weight is 329 g/mol. The Hall–Kier alpha value is -0.610. The van der Waals surface area contributed by atoms with Crippen LogP contribution in [-0.4, -0.2) is 54.9 Å². The first-order valence-electron chi connectivity index (χ1n) is 7.39. The van der Waals surface area contributed by atoms with Gasteiger partial charge in [-0.25, -0.2) is 0 Å². The minimum atomic E-state index is 0.0623. The Balaban J connectivity index is 1.96. The van der Waals surface area contributed by atoms with Gasteiger partial charge in [0.2, 0.25) is 0 Å². The number of Topliss-reactive ketones (excluding diaryl/α,β-unsaturated/α-hetero) is 1. The van der Waals surface area contributed by atoms with Crippen LogP contribution in [0.3, 0.4) is 0 Å². The first kappa shape index (κ1) is 16.8. The average Bonchev–Trinajstić information content (AvgIpc) is 2.60. The predicted molar refractivity (Wildman–Crippen MR) is 88.6 cm³/mol. The van der Waals surface area contributed by atoms with E-state index >= 15 is 0 Å². The zero-order valence-electron chi connectivity index (χ0n) is 12.6. The Morgan fingerprint density at radius 2 is 2.10 bits per heavy atom. The molecule has 1 aromatic rings. The van der Waals surface area contributed by atoms with Crippen LogP contribution in [0.2, 0.25) is 10.0 Å². The van der Waals surface area contributed by atoms with E-state index in [2.05, 4.69) is 23.8 Å². The van der Waals surface area contributed by atoms with Gasteiger partial charge in [-0.05, 0) is 45.6 Å². The predicted octanol–water partition coefficient (Wildman–Crippen LogP) is 3.59. The van der Waals surface area contributed by atoms with Crippen LogP contribution in [0.25, 0.3) is 0 Å². The number of likely N-dealkylation sites (N-methyl/N-ethyl adjacent to an activating group) is 1. The van der Waals surface area contributed by atoms with Crippen molar-refractivity contribution in [1.82, 2.24) is 9.80 Å². The van der Waals surface area contributed by atoms with Crippen LogP contribution in [0, 0.1) is 0 Å². The summed E-state index contributed by atoms with van der Waals surface area (Å²) in [6.07, 6.45) is 1.63. The lowest BCUT2D eigenvalue weighted by atomic mass is 10.1. The smallest absolute Gasteiger partial charge is 0.165 e. The summed E-state index contributed by atoms with van der Waals surface area (Å²) in [5, 5.41) is 0.806. The highest BCUT2D eigenvalue weighted by molar-refractivity contribution is 6.43. The second-order valence-electron chi connectivity index (χ2n) is 5.78. The molecule has 1 unspecified atom stereocenters. The van der Waals surface area contributed by atoms with Crippen molar-refractivity contribution in [3.8, 4) is 0 Å². The molecule has 21 heavy (non-hydrogen) atoms. The van der Waals surface area contributed by atoms with E-state index in [4.69, 9.17) is 23.2 Å². The molecule has 0 N–H and O–H groups in total. The van der Waals surface area contributed by atoms with Gasteiger partial charge in [-0.2, -0.15) is 0 Å². The number of hydrogen-bond acceptors (Lipinski definition) is 3. The van der Waals surface area contributed by atoms with Gasteiger partial charge in [0.25, 0.3) is 0 Å². The van der Waals surface area contributed by atoms with Gasteiger partial charge >= 0.3 is 0 Å². The van der Waals surface area contributed by atoms with Gasteiger partial charge in [0, 0.05) is 31.1 Å². The van der Waals surface area contributed by atoms with E-state index in [9.17, 15) is 4.79 Å². The second-order valence-corrected chi connectivity index (χ2v) is 6.56. The normalized spacial score (nSPS) is 21.2. The molecule has 1 heterocycles. The van der Waals surface area contributed by atoms with Gasteiger partial charge < -0.3 is 4.90 Å². The number of hydrogen-bond donors (Lipinski definition) is 0. The van der Waals surface area contributed by atoms with Crippen LogP contribution in [0.4, 0.5) is 0 Å². The fraction of sp³-hybridized carbons (Fsp3) is 0.562. The quantitative estimate of drug-likeness (QED) is 0.789. The van der Waals surface area contributed by atoms with E-state index in [1.54, 1.807) is 18.2 Å². The summed E-state index contributed by atoms with van der Waals surface area (Å²) < 4.78 is 0. The summed E-state index contributed by atoms with van der Waals surface area (Å²) in [6, 6.07) is 5.69. The van der Waals surface area contributed by atoms with Crippen molar-refractivity contribution in [1.29, 1.82) is 0 Å². The SMILES string of the molecule is CC1CN(C)CCCN1CCC(=O)c1cccc(Cl)c1Cl. The van der Waals surface area contributed by atoms with E-state index in [-0.39, 0.29) is 5.78 Å². The molecule has 116 valence electrons. The van der Waals surface area contributed by atoms with E-state index in [0.29, 0.717) is 28.1 Å². The summed E-state index contributed by atoms with van der Waals surface area (Å²) in [6.45, 7) is 6.21. The molecule has 1 aromatic carbocycles. The molecule has 0 aliphatic carbocycles. The molecule has 0 spiro atoms. The Labute approximate surface area is 136 Å². The van der Waals surface area contributed by atoms with Crippen molar-refractivity contribution in [3.63, 3.8) is 0 Å². The van der Waals surface area contributed by atoms with E-state index < -0.39 is 0 Å². The number of nitrogens with zero attached hydrogens (tertiary/aromatic N) is 2. The van der Waals surface area contributed by atoms with Gasteiger partial charge in [0.1, 0.15) is 0 Å². The van der Waals surface area contributed by atoms with Crippen molar-refractivity contribution in [2.24, 2.45) is 0 Å². The molecular formula is C16H22Cl2N2O. The minimum absolute atomic E-state index is 0.0623. The highest BCUT2D eigenvalue weighted by Gasteiger charge is 2.21. The number of halogens is 2. The highest BCUT2D eigenvalue weighted by atomic mass is 35.5. The zero-order chi connectivity index (χ0) is 15.4. The van der Waals surface area contributed by atoms with Crippen LogP contribution in [-0.2, 0) is 0 Å². The standard InChI is InChI=1S/C16H22Cl2N2O/c1-12-11-19(2)8-4-9-20(12)10-7-15(21)13-5-3-6-14(17)16(13)18/h3,5-6,12H,4,7-11H2,1-2H3. The largest absolute Gasteiger partial charge is 0.305 e. The molecule has 1 atom stereocenters. The molecule has 5 heteroatoms. The molecule has 0 bridgehead atoms. The van der Waals surface area contributed by atoms with Gasteiger partial charge in [0.15, 0.2) is 5.78 Å².